The lowest BCUT2D eigenvalue weighted by atomic mass is 9.83. The molecule has 1 aliphatic heterocycles. The van der Waals surface area contributed by atoms with Crippen LogP contribution in [0.15, 0.2) is 10.5 Å². The van der Waals surface area contributed by atoms with Crippen molar-refractivity contribution < 1.29 is 4.42 Å². The van der Waals surface area contributed by atoms with Crippen LogP contribution in [0.2, 0.25) is 0 Å². The van der Waals surface area contributed by atoms with Gasteiger partial charge >= 0.3 is 0 Å². The molecule has 0 bridgehead atoms. The fourth-order valence-electron chi connectivity index (χ4n) is 2.17. The van der Waals surface area contributed by atoms with Gasteiger partial charge in [0, 0.05) is 5.92 Å². The molecule has 0 spiro atoms. The second-order valence-corrected chi connectivity index (χ2v) is 4.15. The molecular formula is C11H15NO. The van der Waals surface area contributed by atoms with Crippen LogP contribution in [0.1, 0.15) is 42.3 Å². The summed E-state index contributed by atoms with van der Waals surface area (Å²) in [6.45, 7) is 2.04. The van der Waals surface area contributed by atoms with Crippen molar-refractivity contribution in [3.05, 3.63) is 23.2 Å². The number of hydrogen-bond acceptors (Lipinski definition) is 2. The summed E-state index contributed by atoms with van der Waals surface area (Å²) < 4.78 is 5.85. The third kappa shape index (κ3) is 1.20. The van der Waals surface area contributed by atoms with Crippen LogP contribution >= 0.6 is 0 Å². The molecule has 2 nitrogen and oxygen atoms in total. The molecule has 0 aromatic carbocycles. The van der Waals surface area contributed by atoms with Crippen molar-refractivity contribution >= 4 is 0 Å². The Morgan fingerprint density at radius 2 is 2.31 bits per heavy atom. The minimum absolute atomic E-state index is 0.741. The summed E-state index contributed by atoms with van der Waals surface area (Å²) in [6.07, 6.45) is 5.19. The quantitative estimate of drug-likeness (QED) is 0.711. The van der Waals surface area contributed by atoms with Crippen molar-refractivity contribution in [2.45, 2.75) is 38.1 Å². The Morgan fingerprint density at radius 3 is 3.00 bits per heavy atom. The first-order valence-corrected chi connectivity index (χ1v) is 5.25. The van der Waals surface area contributed by atoms with Crippen LogP contribution in [0.3, 0.4) is 0 Å². The summed E-state index contributed by atoms with van der Waals surface area (Å²) in [6, 6.07) is 2.29. The van der Waals surface area contributed by atoms with Crippen molar-refractivity contribution in [1.29, 1.82) is 0 Å². The zero-order valence-electron chi connectivity index (χ0n) is 7.81. The molecule has 0 atom stereocenters. The smallest absolute Gasteiger partial charge is 0.121 e. The van der Waals surface area contributed by atoms with Gasteiger partial charge in [-0.15, -0.1) is 0 Å². The van der Waals surface area contributed by atoms with Crippen molar-refractivity contribution in [3.63, 3.8) is 0 Å². The first-order valence-electron chi connectivity index (χ1n) is 5.25. The lowest BCUT2D eigenvalue weighted by Crippen LogP contribution is -2.22. The summed E-state index contributed by atoms with van der Waals surface area (Å²) in [5.41, 5.74) is 1.45. The summed E-state index contributed by atoms with van der Waals surface area (Å²) in [7, 11) is 0. The van der Waals surface area contributed by atoms with Crippen LogP contribution < -0.4 is 5.32 Å². The minimum Gasteiger partial charge on any atom is -0.464 e. The zero-order chi connectivity index (χ0) is 8.67. The molecule has 2 heteroatoms. The van der Waals surface area contributed by atoms with E-state index in [1.807, 2.05) is 0 Å². The van der Waals surface area contributed by atoms with Gasteiger partial charge in [-0.1, -0.05) is 6.42 Å². The molecule has 13 heavy (non-hydrogen) atoms. The van der Waals surface area contributed by atoms with E-state index in [-0.39, 0.29) is 0 Å². The van der Waals surface area contributed by atoms with E-state index in [1.165, 1.54) is 36.3 Å². The lowest BCUT2D eigenvalue weighted by molar-refractivity contribution is 0.330. The molecule has 1 aromatic rings. The SMILES string of the molecule is c1c(C2CCC2)oc2c1CCNC2. The third-order valence-electron chi connectivity index (χ3n) is 3.28. The molecule has 1 aromatic heterocycles. The third-order valence-corrected chi connectivity index (χ3v) is 3.28. The van der Waals surface area contributed by atoms with Crippen LogP contribution in [0.5, 0.6) is 0 Å². The number of fused-ring (bicyclic) bond motifs is 1. The first-order chi connectivity index (χ1) is 6.43. The van der Waals surface area contributed by atoms with Gasteiger partial charge in [0.1, 0.15) is 11.5 Å². The Kier molecular flexibility index (Phi) is 1.69. The van der Waals surface area contributed by atoms with Crippen molar-refractivity contribution in [1.82, 2.24) is 5.32 Å². The fourth-order valence-corrected chi connectivity index (χ4v) is 2.17. The highest BCUT2D eigenvalue weighted by Crippen LogP contribution is 2.38. The molecule has 0 saturated heterocycles. The van der Waals surface area contributed by atoms with Crippen molar-refractivity contribution in [2.24, 2.45) is 0 Å². The fraction of sp³-hybridized carbons (Fsp3) is 0.636. The number of nitrogens with one attached hydrogen (secondary N) is 1. The average Bonchev–Trinajstić information content (AvgIpc) is 2.43. The Morgan fingerprint density at radius 1 is 1.38 bits per heavy atom. The molecule has 1 fully saturated rings. The Hall–Kier alpha value is -0.760. The average molecular weight is 177 g/mol. The maximum atomic E-state index is 5.85. The normalized spacial score (nSPS) is 22.5. The van der Waals surface area contributed by atoms with E-state index < -0.39 is 0 Å². The van der Waals surface area contributed by atoms with E-state index in [1.54, 1.807) is 0 Å². The molecule has 0 unspecified atom stereocenters. The molecule has 0 amide bonds. The predicted molar refractivity (Wildman–Crippen MR) is 50.7 cm³/mol. The van der Waals surface area contributed by atoms with Gasteiger partial charge in [-0.3, -0.25) is 0 Å². The molecule has 1 saturated carbocycles. The largest absolute Gasteiger partial charge is 0.464 e. The van der Waals surface area contributed by atoms with Gasteiger partial charge < -0.3 is 9.73 Å². The Bertz CT molecular complexity index is 288. The Balaban J connectivity index is 1.90. The van der Waals surface area contributed by atoms with Gasteiger partial charge in [0.2, 0.25) is 0 Å². The maximum absolute atomic E-state index is 5.85. The number of furan rings is 1. The molecule has 0 radical (unpaired) electrons. The number of rotatable bonds is 1. The second-order valence-electron chi connectivity index (χ2n) is 4.15. The molecule has 1 N–H and O–H groups in total. The standard InChI is InChI=1S/C11H15NO/c1-2-8(3-1)10-6-9-4-5-12-7-11(9)13-10/h6,8,12H,1-5,7H2. The highest BCUT2D eigenvalue weighted by molar-refractivity contribution is 5.26. The first kappa shape index (κ1) is 7.63. The van der Waals surface area contributed by atoms with Gasteiger partial charge in [-0.2, -0.15) is 0 Å². The topological polar surface area (TPSA) is 25.2 Å². The predicted octanol–water partition coefficient (Wildman–Crippen LogP) is 2.19. The molecule has 70 valence electrons. The van der Waals surface area contributed by atoms with Gasteiger partial charge in [-0.05, 0) is 37.4 Å². The van der Waals surface area contributed by atoms with Gasteiger partial charge in [-0.25, -0.2) is 0 Å². The highest BCUT2D eigenvalue weighted by atomic mass is 16.3. The molecule has 2 heterocycles. The van der Waals surface area contributed by atoms with Crippen molar-refractivity contribution in [3.8, 4) is 0 Å². The summed E-state index contributed by atoms with van der Waals surface area (Å²) in [5, 5.41) is 3.34. The monoisotopic (exact) mass is 177 g/mol. The Labute approximate surface area is 78.3 Å². The van der Waals surface area contributed by atoms with Crippen LogP contribution in [0, 0.1) is 0 Å². The highest BCUT2D eigenvalue weighted by Gasteiger charge is 2.25. The molecule has 3 rings (SSSR count). The maximum Gasteiger partial charge on any atom is 0.121 e. The van der Waals surface area contributed by atoms with Crippen LogP contribution in [0.4, 0.5) is 0 Å². The van der Waals surface area contributed by atoms with Gasteiger partial charge in [0.25, 0.3) is 0 Å². The van der Waals surface area contributed by atoms with E-state index in [4.69, 9.17) is 4.42 Å². The van der Waals surface area contributed by atoms with Gasteiger partial charge in [0.05, 0.1) is 6.54 Å². The van der Waals surface area contributed by atoms with Crippen LogP contribution in [-0.2, 0) is 13.0 Å². The summed E-state index contributed by atoms with van der Waals surface area (Å²) in [4.78, 5) is 0. The molecular weight excluding hydrogens is 162 g/mol. The van der Waals surface area contributed by atoms with E-state index in [0.29, 0.717) is 0 Å². The van der Waals surface area contributed by atoms with Crippen LogP contribution in [-0.4, -0.2) is 6.54 Å². The molecule has 2 aliphatic rings. The lowest BCUT2D eigenvalue weighted by Gasteiger charge is -2.22. The minimum atomic E-state index is 0.741. The summed E-state index contributed by atoms with van der Waals surface area (Å²) >= 11 is 0. The van der Waals surface area contributed by atoms with Crippen molar-refractivity contribution in [2.75, 3.05) is 6.54 Å². The number of hydrogen-bond donors (Lipinski definition) is 1. The van der Waals surface area contributed by atoms with E-state index in [9.17, 15) is 0 Å². The van der Waals surface area contributed by atoms with E-state index >= 15 is 0 Å². The zero-order valence-corrected chi connectivity index (χ0v) is 7.81. The van der Waals surface area contributed by atoms with E-state index in [0.717, 1.165) is 25.4 Å². The molecule has 1 aliphatic carbocycles. The van der Waals surface area contributed by atoms with E-state index in [2.05, 4.69) is 11.4 Å². The van der Waals surface area contributed by atoms with Gasteiger partial charge in [0.15, 0.2) is 0 Å². The van der Waals surface area contributed by atoms with Crippen LogP contribution in [0.25, 0.3) is 0 Å². The summed E-state index contributed by atoms with van der Waals surface area (Å²) in [5.74, 6) is 3.18. The second kappa shape index (κ2) is 2.88.